The van der Waals surface area contributed by atoms with E-state index in [0.717, 1.165) is 61.2 Å². The van der Waals surface area contributed by atoms with E-state index in [0.29, 0.717) is 6.42 Å². The first-order valence-corrected chi connectivity index (χ1v) is 19.9. The zero-order valence-corrected chi connectivity index (χ0v) is 33.8. The maximum Gasteiger partial charge on any atom is 0.262 e. The van der Waals surface area contributed by atoms with Crippen molar-refractivity contribution < 1.29 is 18.4 Å². The van der Waals surface area contributed by atoms with E-state index < -0.39 is 17.5 Å². The molecular formula is C48H55F2N5O2. The topological polar surface area (TPSA) is 109 Å². The highest BCUT2D eigenvalue weighted by molar-refractivity contribution is 6.02. The first kappa shape index (κ1) is 45.3. The molecule has 57 heavy (non-hydrogen) atoms. The van der Waals surface area contributed by atoms with E-state index >= 15 is 0 Å². The number of carbonyl (C=O) groups excluding carboxylic acids is 2. The highest BCUT2D eigenvalue weighted by Crippen LogP contribution is 2.24. The van der Waals surface area contributed by atoms with Crippen LogP contribution in [0.1, 0.15) is 113 Å². The SMILES string of the molecule is CC.CCC[C@H](NC(=O)/C(C#N)=C/c1c(F)ccc(C)c1F)c1ccccc1.CCC[C@H](NC(=O)/C(C#N)=C/c1ccc(N2CCCCC2)cc1)c1ccccc1. The van der Waals surface area contributed by atoms with Crippen LogP contribution in [0, 0.1) is 41.2 Å². The minimum atomic E-state index is -0.818. The average Bonchev–Trinajstić information content (AvgIpc) is 3.26. The van der Waals surface area contributed by atoms with Gasteiger partial charge in [-0.2, -0.15) is 10.5 Å². The van der Waals surface area contributed by atoms with Crippen molar-refractivity contribution in [2.45, 2.75) is 91.6 Å². The Morgan fingerprint density at radius 3 is 1.63 bits per heavy atom. The Balaban J connectivity index is 0.000000294. The molecule has 2 atom stereocenters. The summed E-state index contributed by atoms with van der Waals surface area (Å²) >= 11 is 0. The van der Waals surface area contributed by atoms with Gasteiger partial charge in [-0.1, -0.05) is 119 Å². The van der Waals surface area contributed by atoms with E-state index in [4.69, 9.17) is 0 Å². The van der Waals surface area contributed by atoms with Crippen LogP contribution < -0.4 is 15.5 Å². The van der Waals surface area contributed by atoms with Crippen molar-refractivity contribution in [2.75, 3.05) is 18.0 Å². The monoisotopic (exact) mass is 771 g/mol. The fourth-order valence-electron chi connectivity index (χ4n) is 6.42. The molecule has 4 aromatic rings. The Morgan fingerprint density at radius 2 is 1.18 bits per heavy atom. The molecule has 9 heteroatoms. The number of halogens is 2. The lowest BCUT2D eigenvalue weighted by molar-refractivity contribution is -0.118. The molecule has 5 rings (SSSR count). The van der Waals surface area contributed by atoms with Crippen molar-refractivity contribution in [1.29, 1.82) is 10.5 Å². The summed E-state index contributed by atoms with van der Waals surface area (Å²) in [5, 5.41) is 24.7. The Bertz CT molecular complexity index is 2010. The highest BCUT2D eigenvalue weighted by Gasteiger charge is 2.20. The lowest BCUT2D eigenvalue weighted by Crippen LogP contribution is -2.29. The number of aryl methyl sites for hydroxylation is 1. The summed E-state index contributed by atoms with van der Waals surface area (Å²) < 4.78 is 28.1. The molecule has 0 saturated carbocycles. The summed E-state index contributed by atoms with van der Waals surface area (Å²) in [7, 11) is 0. The zero-order chi connectivity index (χ0) is 41.6. The number of piperidine rings is 1. The predicted molar refractivity (Wildman–Crippen MR) is 227 cm³/mol. The van der Waals surface area contributed by atoms with Crippen molar-refractivity contribution in [2.24, 2.45) is 0 Å². The molecule has 0 radical (unpaired) electrons. The molecule has 4 aromatic carbocycles. The van der Waals surface area contributed by atoms with Gasteiger partial charge < -0.3 is 15.5 Å². The third-order valence-corrected chi connectivity index (χ3v) is 9.43. The van der Waals surface area contributed by atoms with Crippen LogP contribution in [0.25, 0.3) is 12.2 Å². The molecule has 0 bridgehead atoms. The van der Waals surface area contributed by atoms with Crippen LogP contribution in [-0.4, -0.2) is 24.9 Å². The van der Waals surface area contributed by atoms with Crippen molar-refractivity contribution >= 4 is 29.7 Å². The van der Waals surface area contributed by atoms with Gasteiger partial charge >= 0.3 is 0 Å². The Labute approximate surface area is 337 Å². The Kier molecular flexibility index (Phi) is 19.4. The predicted octanol–water partition coefficient (Wildman–Crippen LogP) is 11.1. The standard InChI is InChI=1S/C25H29N3O.C21H20F2N2O.C2H6/c1-2-9-24(21-10-5-3-6-11-21)27-25(29)22(19-26)18-20-12-14-23(15-13-20)28-16-7-4-8-17-28;1-3-7-19(15-8-5-4-6-9-15)25-21(26)16(13-24)12-17-18(22)11-10-14(2)20(17)23;1-2/h3,5-6,10-15,18,24H,2,4,7-9,16-17H2,1H3,(H,27,29);4-6,8-12,19H,3,7H2,1-2H3,(H,25,26);1-2H3/b22-18+;16-12+;/t24-;19-;/m00./s1. The summed E-state index contributed by atoms with van der Waals surface area (Å²) in [6, 6.07) is 33.3. The highest BCUT2D eigenvalue weighted by atomic mass is 19.1. The molecule has 0 unspecified atom stereocenters. The van der Waals surface area contributed by atoms with Crippen LogP contribution in [0.15, 0.2) is 108 Å². The van der Waals surface area contributed by atoms with Crippen LogP contribution in [0.4, 0.5) is 14.5 Å². The van der Waals surface area contributed by atoms with Gasteiger partial charge in [0.05, 0.1) is 12.1 Å². The lowest BCUT2D eigenvalue weighted by atomic mass is 10.0. The molecule has 298 valence electrons. The Morgan fingerprint density at radius 1 is 0.702 bits per heavy atom. The lowest BCUT2D eigenvalue weighted by Gasteiger charge is -2.28. The van der Waals surface area contributed by atoms with Crippen LogP contribution in [0.3, 0.4) is 0 Å². The van der Waals surface area contributed by atoms with Gasteiger partial charge in [-0.05, 0) is 91.6 Å². The number of benzene rings is 4. The van der Waals surface area contributed by atoms with Crippen molar-refractivity contribution in [3.8, 4) is 12.1 Å². The van der Waals surface area contributed by atoms with Crippen LogP contribution in [0.5, 0.6) is 0 Å². The van der Waals surface area contributed by atoms with E-state index in [9.17, 15) is 28.9 Å². The number of rotatable bonds is 13. The number of nitrogens with zero attached hydrogens (tertiary/aromatic N) is 3. The summed E-state index contributed by atoms with van der Waals surface area (Å²) in [6.07, 6.45) is 9.70. The number of hydrogen-bond acceptors (Lipinski definition) is 5. The maximum atomic E-state index is 14.1. The van der Waals surface area contributed by atoms with Gasteiger partial charge in [0.15, 0.2) is 0 Å². The largest absolute Gasteiger partial charge is 0.372 e. The Hall–Kier alpha value is -6.06. The van der Waals surface area contributed by atoms with Gasteiger partial charge in [0, 0.05) is 24.3 Å². The van der Waals surface area contributed by atoms with E-state index in [2.05, 4.69) is 40.7 Å². The fraction of sp³-hybridized carbons (Fsp3) is 0.333. The van der Waals surface area contributed by atoms with Crippen LogP contribution >= 0.6 is 0 Å². The van der Waals surface area contributed by atoms with Crippen molar-refractivity contribution in [1.82, 2.24) is 10.6 Å². The second-order valence-electron chi connectivity index (χ2n) is 13.5. The second-order valence-corrected chi connectivity index (χ2v) is 13.5. The number of nitriles is 2. The molecular weight excluding hydrogens is 717 g/mol. The first-order valence-electron chi connectivity index (χ1n) is 19.9. The third-order valence-electron chi connectivity index (χ3n) is 9.43. The number of hydrogen-bond donors (Lipinski definition) is 2. The fourth-order valence-corrected chi connectivity index (χ4v) is 6.42. The van der Waals surface area contributed by atoms with Gasteiger partial charge in [-0.3, -0.25) is 9.59 Å². The molecule has 1 fully saturated rings. The quantitative estimate of drug-likeness (QED) is 0.104. The van der Waals surface area contributed by atoms with Gasteiger partial charge in [0.1, 0.15) is 34.9 Å². The zero-order valence-electron chi connectivity index (χ0n) is 33.8. The molecule has 0 aromatic heterocycles. The van der Waals surface area contributed by atoms with Crippen molar-refractivity contribution in [3.05, 3.63) is 148 Å². The maximum absolute atomic E-state index is 14.1. The van der Waals surface area contributed by atoms with E-state index in [-0.39, 0.29) is 40.3 Å². The van der Waals surface area contributed by atoms with Crippen LogP contribution in [-0.2, 0) is 9.59 Å². The molecule has 1 heterocycles. The molecule has 1 saturated heterocycles. The summed E-state index contributed by atoms with van der Waals surface area (Å²) in [5.74, 6) is -2.58. The molecule has 2 amide bonds. The van der Waals surface area contributed by atoms with Gasteiger partial charge in [-0.15, -0.1) is 0 Å². The van der Waals surface area contributed by atoms with E-state index in [1.54, 1.807) is 12.1 Å². The number of anilines is 1. The summed E-state index contributed by atoms with van der Waals surface area (Å²) in [4.78, 5) is 27.6. The first-order chi connectivity index (χ1) is 27.7. The minimum Gasteiger partial charge on any atom is -0.372 e. The van der Waals surface area contributed by atoms with E-state index in [1.165, 1.54) is 37.9 Å². The van der Waals surface area contributed by atoms with Gasteiger partial charge in [-0.25, -0.2) is 8.78 Å². The minimum absolute atomic E-state index is 0.0908. The molecule has 2 N–H and O–H groups in total. The second kappa shape index (κ2) is 24.5. The number of carbonyl (C=O) groups is 2. The summed E-state index contributed by atoms with van der Waals surface area (Å²) in [5.41, 5.74) is 3.69. The van der Waals surface area contributed by atoms with E-state index in [1.807, 2.05) is 93.6 Å². The molecule has 0 aliphatic carbocycles. The van der Waals surface area contributed by atoms with Crippen LogP contribution in [0.2, 0.25) is 0 Å². The normalized spacial score (nSPS) is 13.6. The molecule has 0 spiro atoms. The van der Waals surface area contributed by atoms with Gasteiger partial charge in [0.25, 0.3) is 11.8 Å². The average molecular weight is 772 g/mol. The molecule has 1 aliphatic rings. The molecule has 1 aliphatic heterocycles. The number of nitrogens with one attached hydrogen (secondary N) is 2. The summed E-state index contributed by atoms with van der Waals surface area (Å²) in [6.45, 7) is 11.8. The third kappa shape index (κ3) is 13.9. The van der Waals surface area contributed by atoms with Gasteiger partial charge in [0.2, 0.25) is 0 Å². The van der Waals surface area contributed by atoms with Crippen molar-refractivity contribution in [3.63, 3.8) is 0 Å². The smallest absolute Gasteiger partial charge is 0.262 e. The molecule has 7 nitrogen and oxygen atoms in total. The number of amides is 2.